The molecule has 0 radical (unpaired) electrons. The van der Waals surface area contributed by atoms with E-state index in [1.807, 2.05) is 0 Å². The number of hydrogen-bond donors (Lipinski definition) is 1. The summed E-state index contributed by atoms with van der Waals surface area (Å²) in [6.07, 6.45) is 2.09. The maximum atomic E-state index is 10.0. The molecule has 1 aromatic carbocycles. The predicted octanol–water partition coefficient (Wildman–Crippen LogP) is 1.97. The molecule has 2 aliphatic rings. The second kappa shape index (κ2) is 4.67. The smallest absolute Gasteiger partial charge is 0.0818 e. The van der Waals surface area contributed by atoms with Crippen molar-refractivity contribution in [3.63, 3.8) is 0 Å². The third-order valence-corrected chi connectivity index (χ3v) is 3.68. The molecule has 1 saturated heterocycles. The molecule has 2 fully saturated rings. The largest absolute Gasteiger partial charge is 0.388 e. The normalized spacial score (nSPS) is 22.5. The molecule has 1 N–H and O–H groups in total. The van der Waals surface area contributed by atoms with Crippen LogP contribution in [0.4, 0.5) is 5.69 Å². The van der Waals surface area contributed by atoms with Crippen LogP contribution in [0.3, 0.4) is 0 Å². The topological polar surface area (TPSA) is 32.7 Å². The summed E-state index contributed by atoms with van der Waals surface area (Å²) in [6.45, 7) is 3.55. The summed E-state index contributed by atoms with van der Waals surface area (Å²) in [7, 11) is 0. The van der Waals surface area contributed by atoms with Crippen LogP contribution in [0, 0.1) is 5.92 Å². The maximum Gasteiger partial charge on any atom is 0.0818 e. The van der Waals surface area contributed by atoms with Crippen LogP contribution in [-0.2, 0) is 4.74 Å². The van der Waals surface area contributed by atoms with Gasteiger partial charge in [-0.3, -0.25) is 0 Å². The van der Waals surface area contributed by atoms with E-state index >= 15 is 0 Å². The molecule has 3 nitrogen and oxygen atoms in total. The fourth-order valence-electron chi connectivity index (χ4n) is 2.39. The molecule has 0 amide bonds. The Hall–Kier alpha value is -1.06. The van der Waals surface area contributed by atoms with Gasteiger partial charge in [-0.15, -0.1) is 0 Å². The quantitative estimate of drug-likeness (QED) is 0.866. The minimum atomic E-state index is -0.256. The Kier molecular flexibility index (Phi) is 3.04. The van der Waals surface area contributed by atoms with Gasteiger partial charge in [0.2, 0.25) is 0 Å². The number of rotatable bonds is 3. The van der Waals surface area contributed by atoms with Crippen molar-refractivity contribution in [1.82, 2.24) is 0 Å². The zero-order valence-corrected chi connectivity index (χ0v) is 10.0. The van der Waals surface area contributed by atoms with Gasteiger partial charge in [0.1, 0.15) is 0 Å². The molecule has 1 heterocycles. The van der Waals surface area contributed by atoms with E-state index in [0.717, 1.165) is 31.9 Å². The summed E-state index contributed by atoms with van der Waals surface area (Å²) < 4.78 is 5.34. The molecule has 0 spiro atoms. The highest BCUT2D eigenvalue weighted by Gasteiger charge is 2.30. The molecule has 1 saturated carbocycles. The second-order valence-electron chi connectivity index (χ2n) is 4.97. The molecule has 1 aliphatic heterocycles. The van der Waals surface area contributed by atoms with Gasteiger partial charge in [-0.05, 0) is 36.5 Å². The summed E-state index contributed by atoms with van der Waals surface area (Å²) >= 11 is 0. The fourth-order valence-corrected chi connectivity index (χ4v) is 2.39. The van der Waals surface area contributed by atoms with Crippen LogP contribution in [0.1, 0.15) is 24.5 Å². The number of morpholine rings is 1. The van der Waals surface area contributed by atoms with E-state index in [-0.39, 0.29) is 6.10 Å². The Morgan fingerprint density at radius 2 is 1.76 bits per heavy atom. The first-order valence-corrected chi connectivity index (χ1v) is 6.45. The van der Waals surface area contributed by atoms with Gasteiger partial charge in [0.15, 0.2) is 0 Å². The van der Waals surface area contributed by atoms with Gasteiger partial charge in [-0.2, -0.15) is 0 Å². The third kappa shape index (κ3) is 2.45. The van der Waals surface area contributed by atoms with Gasteiger partial charge in [-0.25, -0.2) is 0 Å². The first kappa shape index (κ1) is 11.1. The molecule has 17 heavy (non-hydrogen) atoms. The number of anilines is 1. The summed E-state index contributed by atoms with van der Waals surface area (Å²) in [5.74, 6) is 0.504. The lowest BCUT2D eigenvalue weighted by Crippen LogP contribution is -2.36. The van der Waals surface area contributed by atoms with Crippen molar-refractivity contribution in [2.75, 3.05) is 31.2 Å². The SMILES string of the molecule is OC(c1ccc(N2CCOCC2)cc1)C1CC1. The van der Waals surface area contributed by atoms with E-state index in [2.05, 4.69) is 29.2 Å². The number of benzene rings is 1. The van der Waals surface area contributed by atoms with Crippen LogP contribution in [0.5, 0.6) is 0 Å². The molecule has 1 aliphatic carbocycles. The molecular weight excluding hydrogens is 214 g/mol. The van der Waals surface area contributed by atoms with Gasteiger partial charge in [-0.1, -0.05) is 12.1 Å². The van der Waals surface area contributed by atoms with Crippen molar-refractivity contribution in [1.29, 1.82) is 0 Å². The zero-order valence-electron chi connectivity index (χ0n) is 10.0. The summed E-state index contributed by atoms with van der Waals surface area (Å²) in [5, 5.41) is 10.0. The monoisotopic (exact) mass is 233 g/mol. The highest BCUT2D eigenvalue weighted by molar-refractivity contribution is 5.48. The average molecular weight is 233 g/mol. The first-order valence-electron chi connectivity index (χ1n) is 6.45. The Labute approximate surface area is 102 Å². The van der Waals surface area contributed by atoms with Gasteiger partial charge >= 0.3 is 0 Å². The predicted molar refractivity (Wildman–Crippen MR) is 67.2 cm³/mol. The molecule has 3 heteroatoms. The fraction of sp³-hybridized carbons (Fsp3) is 0.571. The molecule has 92 valence electrons. The van der Waals surface area contributed by atoms with Gasteiger partial charge in [0, 0.05) is 18.8 Å². The van der Waals surface area contributed by atoms with Gasteiger partial charge in [0.05, 0.1) is 19.3 Å². The van der Waals surface area contributed by atoms with Crippen LogP contribution >= 0.6 is 0 Å². The number of aliphatic hydroxyl groups excluding tert-OH is 1. The Morgan fingerprint density at radius 1 is 1.12 bits per heavy atom. The molecule has 0 aromatic heterocycles. The lowest BCUT2D eigenvalue weighted by atomic mass is 10.0. The lowest BCUT2D eigenvalue weighted by Gasteiger charge is -2.29. The van der Waals surface area contributed by atoms with Crippen molar-refractivity contribution in [3.8, 4) is 0 Å². The molecular formula is C14H19NO2. The number of ether oxygens (including phenoxy) is 1. The van der Waals surface area contributed by atoms with E-state index in [1.165, 1.54) is 18.5 Å². The molecule has 1 atom stereocenters. The zero-order chi connectivity index (χ0) is 11.7. The minimum absolute atomic E-state index is 0.256. The van der Waals surface area contributed by atoms with Crippen LogP contribution < -0.4 is 4.90 Å². The molecule has 1 aromatic rings. The lowest BCUT2D eigenvalue weighted by molar-refractivity contribution is 0.122. The van der Waals surface area contributed by atoms with Gasteiger partial charge < -0.3 is 14.7 Å². The molecule has 1 unspecified atom stereocenters. The van der Waals surface area contributed by atoms with E-state index in [4.69, 9.17) is 4.74 Å². The highest BCUT2D eigenvalue weighted by atomic mass is 16.5. The van der Waals surface area contributed by atoms with E-state index in [9.17, 15) is 5.11 Å². The van der Waals surface area contributed by atoms with Crippen molar-refractivity contribution < 1.29 is 9.84 Å². The first-order chi connectivity index (χ1) is 8.34. The summed E-state index contributed by atoms with van der Waals surface area (Å²) in [4.78, 5) is 2.33. The van der Waals surface area contributed by atoms with E-state index in [0.29, 0.717) is 5.92 Å². The van der Waals surface area contributed by atoms with E-state index < -0.39 is 0 Å². The number of aliphatic hydroxyl groups is 1. The van der Waals surface area contributed by atoms with E-state index in [1.54, 1.807) is 0 Å². The Morgan fingerprint density at radius 3 is 2.35 bits per heavy atom. The Balaban J connectivity index is 1.70. The number of nitrogens with zero attached hydrogens (tertiary/aromatic N) is 1. The molecule has 0 bridgehead atoms. The minimum Gasteiger partial charge on any atom is -0.388 e. The summed E-state index contributed by atoms with van der Waals surface area (Å²) in [5.41, 5.74) is 2.30. The van der Waals surface area contributed by atoms with Crippen LogP contribution in [0.25, 0.3) is 0 Å². The van der Waals surface area contributed by atoms with Crippen molar-refractivity contribution in [2.45, 2.75) is 18.9 Å². The van der Waals surface area contributed by atoms with Crippen molar-refractivity contribution >= 4 is 5.69 Å². The van der Waals surface area contributed by atoms with Crippen molar-refractivity contribution in [3.05, 3.63) is 29.8 Å². The molecule has 3 rings (SSSR count). The van der Waals surface area contributed by atoms with Crippen LogP contribution in [-0.4, -0.2) is 31.4 Å². The van der Waals surface area contributed by atoms with Crippen LogP contribution in [0.2, 0.25) is 0 Å². The average Bonchev–Trinajstić information content (AvgIpc) is 3.24. The highest BCUT2D eigenvalue weighted by Crippen LogP contribution is 2.41. The third-order valence-electron chi connectivity index (χ3n) is 3.68. The van der Waals surface area contributed by atoms with Crippen LogP contribution in [0.15, 0.2) is 24.3 Å². The Bertz CT molecular complexity index is 366. The second-order valence-corrected chi connectivity index (χ2v) is 4.97. The standard InChI is InChI=1S/C14H19NO2/c16-14(11-1-2-11)12-3-5-13(6-4-12)15-7-9-17-10-8-15/h3-6,11,14,16H,1-2,7-10H2. The van der Waals surface area contributed by atoms with Crippen molar-refractivity contribution in [2.24, 2.45) is 5.92 Å². The number of hydrogen-bond acceptors (Lipinski definition) is 3. The summed E-state index contributed by atoms with van der Waals surface area (Å²) in [6, 6.07) is 8.36. The van der Waals surface area contributed by atoms with Gasteiger partial charge in [0.25, 0.3) is 0 Å². The maximum absolute atomic E-state index is 10.0.